The first-order valence-electron chi connectivity index (χ1n) is 7.15. The zero-order valence-electron chi connectivity index (χ0n) is 12.2. The summed E-state index contributed by atoms with van der Waals surface area (Å²) in [4.78, 5) is 12.4. The van der Waals surface area contributed by atoms with Gasteiger partial charge in [0, 0.05) is 18.5 Å². The Morgan fingerprint density at radius 3 is 2.53 bits per heavy atom. The third-order valence-corrected chi connectivity index (χ3v) is 5.10. The van der Waals surface area contributed by atoms with Crippen molar-refractivity contribution in [2.75, 3.05) is 11.1 Å². The molecular formula is C15H24N2OS. The molecule has 0 aromatic carbocycles. The first-order valence-corrected chi connectivity index (χ1v) is 7.96. The fourth-order valence-corrected chi connectivity index (χ4v) is 3.68. The van der Waals surface area contributed by atoms with Crippen LogP contribution in [0.3, 0.4) is 0 Å². The van der Waals surface area contributed by atoms with Crippen LogP contribution in [0.1, 0.15) is 68.1 Å². The predicted octanol–water partition coefficient (Wildman–Crippen LogP) is 4.26. The Labute approximate surface area is 119 Å². The Morgan fingerprint density at radius 2 is 2.11 bits per heavy atom. The lowest BCUT2D eigenvalue weighted by atomic mass is 10.0. The lowest BCUT2D eigenvalue weighted by Crippen LogP contribution is -2.24. The maximum absolute atomic E-state index is 11.7. The molecule has 0 aliphatic heterocycles. The minimum absolute atomic E-state index is 0.0787. The molecule has 0 saturated heterocycles. The van der Waals surface area contributed by atoms with E-state index in [2.05, 4.69) is 26.1 Å². The highest BCUT2D eigenvalue weighted by Crippen LogP contribution is 2.51. The van der Waals surface area contributed by atoms with Gasteiger partial charge in [0.2, 0.25) is 0 Å². The summed E-state index contributed by atoms with van der Waals surface area (Å²) in [6.07, 6.45) is 3.48. The Balaban J connectivity index is 2.33. The number of nitrogens with two attached hydrogens (primary N) is 1. The lowest BCUT2D eigenvalue weighted by Gasteiger charge is -2.22. The molecule has 19 heavy (non-hydrogen) atoms. The molecule has 3 nitrogen and oxygen atoms in total. The highest BCUT2D eigenvalue weighted by atomic mass is 32.1. The van der Waals surface area contributed by atoms with Crippen molar-refractivity contribution in [2.45, 2.75) is 58.9 Å². The number of nitrogen functional groups attached to an aromatic ring is 1. The molecule has 2 rings (SSSR count). The van der Waals surface area contributed by atoms with Gasteiger partial charge in [-0.15, -0.1) is 11.3 Å². The molecule has 1 saturated carbocycles. The van der Waals surface area contributed by atoms with E-state index in [1.165, 1.54) is 29.7 Å². The van der Waals surface area contributed by atoms with E-state index in [-0.39, 0.29) is 5.78 Å². The summed E-state index contributed by atoms with van der Waals surface area (Å²) >= 11 is 1.54. The predicted molar refractivity (Wildman–Crippen MR) is 83.3 cm³/mol. The van der Waals surface area contributed by atoms with Gasteiger partial charge in [-0.25, -0.2) is 0 Å². The number of carbonyl (C=O) groups is 1. The van der Waals surface area contributed by atoms with Gasteiger partial charge in [-0.3, -0.25) is 4.79 Å². The number of anilines is 2. The summed E-state index contributed by atoms with van der Waals surface area (Å²) < 4.78 is 0. The molecule has 1 unspecified atom stereocenters. The van der Waals surface area contributed by atoms with Crippen molar-refractivity contribution in [1.29, 1.82) is 0 Å². The van der Waals surface area contributed by atoms with Crippen molar-refractivity contribution in [1.82, 2.24) is 0 Å². The molecule has 0 bridgehead atoms. The van der Waals surface area contributed by atoms with Crippen molar-refractivity contribution in [3.05, 3.63) is 10.4 Å². The molecular weight excluding hydrogens is 256 g/mol. The van der Waals surface area contributed by atoms with Gasteiger partial charge in [-0.2, -0.15) is 0 Å². The van der Waals surface area contributed by atoms with Crippen molar-refractivity contribution in [3.63, 3.8) is 0 Å². The Morgan fingerprint density at radius 1 is 1.47 bits per heavy atom. The number of ketones is 1. The van der Waals surface area contributed by atoms with Crippen LogP contribution in [0.2, 0.25) is 0 Å². The second-order valence-corrected chi connectivity index (χ2v) is 6.84. The zero-order chi connectivity index (χ0) is 14.2. The summed E-state index contributed by atoms with van der Waals surface area (Å²) in [6.45, 7) is 8.24. The van der Waals surface area contributed by atoms with Crippen molar-refractivity contribution >= 4 is 27.8 Å². The number of carbonyl (C=O) groups excluding carboxylic acids is 1. The summed E-state index contributed by atoms with van der Waals surface area (Å²) in [7, 11) is 0. The van der Waals surface area contributed by atoms with Crippen molar-refractivity contribution < 1.29 is 4.79 Å². The Bertz CT molecular complexity index is 475. The maximum Gasteiger partial charge on any atom is 0.171 e. The monoisotopic (exact) mass is 280 g/mol. The number of hydrogen-bond acceptors (Lipinski definition) is 4. The largest absolute Gasteiger partial charge is 0.397 e. The van der Waals surface area contributed by atoms with Gasteiger partial charge in [0.15, 0.2) is 5.78 Å². The van der Waals surface area contributed by atoms with Crippen LogP contribution in [-0.2, 0) is 0 Å². The van der Waals surface area contributed by atoms with Gasteiger partial charge in [-0.05, 0) is 31.1 Å². The molecule has 0 spiro atoms. The number of rotatable bonds is 6. The van der Waals surface area contributed by atoms with Gasteiger partial charge in [0.25, 0.3) is 0 Å². The second-order valence-electron chi connectivity index (χ2n) is 5.82. The van der Waals surface area contributed by atoms with Crippen LogP contribution in [0.5, 0.6) is 0 Å². The number of Topliss-reactive ketones (excluding diaryl/α,β-unsaturated/α-hetero) is 1. The van der Waals surface area contributed by atoms with E-state index in [0.29, 0.717) is 17.9 Å². The summed E-state index contributed by atoms with van der Waals surface area (Å²) in [5.74, 6) is 1.22. The summed E-state index contributed by atoms with van der Waals surface area (Å²) in [5, 5.41) is 4.75. The minimum Gasteiger partial charge on any atom is -0.397 e. The Hall–Kier alpha value is -1.03. The molecule has 1 atom stereocenters. The fourth-order valence-electron chi connectivity index (χ4n) is 2.51. The van der Waals surface area contributed by atoms with Crippen LogP contribution in [-0.4, -0.2) is 11.8 Å². The number of nitrogens with one attached hydrogen (secondary N) is 1. The average molecular weight is 280 g/mol. The maximum atomic E-state index is 11.7. The molecule has 1 fully saturated rings. The first kappa shape index (κ1) is 14.4. The molecule has 4 heteroatoms. The van der Waals surface area contributed by atoms with E-state index in [9.17, 15) is 4.79 Å². The zero-order valence-corrected chi connectivity index (χ0v) is 13.1. The molecule has 1 aliphatic carbocycles. The molecule has 1 aromatic heterocycles. The van der Waals surface area contributed by atoms with Gasteiger partial charge in [0.1, 0.15) is 0 Å². The number of hydrogen-bond donors (Lipinski definition) is 2. The van der Waals surface area contributed by atoms with E-state index in [0.717, 1.165) is 22.0 Å². The molecule has 1 heterocycles. The quantitative estimate of drug-likeness (QED) is 0.766. The highest BCUT2D eigenvalue weighted by Gasteiger charge is 2.32. The van der Waals surface area contributed by atoms with Crippen LogP contribution in [0, 0.1) is 5.92 Å². The van der Waals surface area contributed by atoms with Crippen molar-refractivity contribution in [2.24, 2.45) is 5.92 Å². The van der Waals surface area contributed by atoms with Crippen LogP contribution in [0.25, 0.3) is 0 Å². The normalized spacial score (nSPS) is 16.7. The summed E-state index contributed by atoms with van der Waals surface area (Å²) in [5.41, 5.74) is 8.12. The molecule has 3 N–H and O–H groups in total. The fraction of sp³-hybridized carbons (Fsp3) is 0.667. The first-order chi connectivity index (χ1) is 8.95. The topological polar surface area (TPSA) is 55.1 Å². The lowest BCUT2D eigenvalue weighted by molar-refractivity contribution is 0.102. The van der Waals surface area contributed by atoms with Crippen LogP contribution < -0.4 is 11.1 Å². The molecule has 1 aliphatic rings. The molecule has 0 amide bonds. The van der Waals surface area contributed by atoms with Gasteiger partial charge in [0.05, 0.1) is 15.6 Å². The van der Waals surface area contributed by atoms with Crippen LogP contribution >= 0.6 is 11.3 Å². The van der Waals surface area contributed by atoms with E-state index >= 15 is 0 Å². The molecule has 106 valence electrons. The highest BCUT2D eigenvalue weighted by molar-refractivity contribution is 7.18. The van der Waals surface area contributed by atoms with Gasteiger partial charge in [-0.1, -0.05) is 20.8 Å². The SMILES string of the molecule is CCC(Nc1sc(C(C)=O)c(N)c1C1CC1)C(C)C. The van der Waals surface area contributed by atoms with E-state index in [1.807, 2.05) is 0 Å². The summed E-state index contributed by atoms with van der Waals surface area (Å²) in [6, 6.07) is 0.440. The van der Waals surface area contributed by atoms with Crippen LogP contribution in [0.15, 0.2) is 0 Å². The molecule has 0 radical (unpaired) electrons. The number of thiophene rings is 1. The van der Waals surface area contributed by atoms with E-state index < -0.39 is 0 Å². The molecule has 1 aromatic rings. The third kappa shape index (κ3) is 2.94. The average Bonchev–Trinajstić information content (AvgIpc) is 3.10. The third-order valence-electron chi connectivity index (χ3n) is 3.85. The Kier molecular flexibility index (Phi) is 4.19. The minimum atomic E-state index is 0.0787. The second kappa shape index (κ2) is 5.53. The van der Waals surface area contributed by atoms with Crippen molar-refractivity contribution in [3.8, 4) is 0 Å². The van der Waals surface area contributed by atoms with E-state index in [1.54, 1.807) is 6.92 Å². The van der Waals surface area contributed by atoms with Crippen LogP contribution in [0.4, 0.5) is 10.7 Å². The smallest absolute Gasteiger partial charge is 0.171 e. The van der Waals surface area contributed by atoms with Gasteiger partial charge >= 0.3 is 0 Å². The van der Waals surface area contributed by atoms with E-state index in [4.69, 9.17) is 5.73 Å². The standard InChI is InChI=1S/C15H24N2OS/c1-5-11(8(2)3)17-15-12(10-6-7-10)13(16)14(19-15)9(4)18/h8,10-11,17H,5-7,16H2,1-4H3. The van der Waals surface area contributed by atoms with Gasteiger partial charge < -0.3 is 11.1 Å².